The fraction of sp³-hybridized carbons (Fsp3) is 0.571. The average molecular weight is 210 g/mol. The zero-order chi connectivity index (χ0) is 9.90. The van der Waals surface area contributed by atoms with Gasteiger partial charge in [-0.25, -0.2) is 0 Å². The first kappa shape index (κ1) is 10.3. The second-order valence-corrected chi connectivity index (χ2v) is 3.06. The van der Waals surface area contributed by atoms with Crippen molar-refractivity contribution in [2.45, 2.75) is 25.6 Å². The molecule has 0 saturated carbocycles. The van der Waals surface area contributed by atoms with E-state index in [0.717, 1.165) is 0 Å². The van der Waals surface area contributed by atoms with Gasteiger partial charge in [0.05, 0.1) is 0 Å². The van der Waals surface area contributed by atoms with Crippen LogP contribution in [-0.2, 0) is 6.54 Å². The number of rotatable bonds is 3. The fourth-order valence-corrected chi connectivity index (χ4v) is 1.20. The van der Waals surface area contributed by atoms with Crippen LogP contribution in [0.3, 0.4) is 0 Å². The molecule has 0 saturated heterocycles. The number of hydrogen-bond acceptors (Lipinski definition) is 1. The topological polar surface area (TPSA) is 20.7 Å². The van der Waals surface area contributed by atoms with Crippen LogP contribution in [0.4, 0.5) is 13.2 Å². The molecule has 2 nitrogen and oxygen atoms in total. The summed E-state index contributed by atoms with van der Waals surface area (Å²) in [6.45, 7) is 0.307. The van der Waals surface area contributed by atoms with E-state index in [2.05, 4.69) is 4.98 Å². The molecule has 0 fully saturated rings. The number of H-pyrrole nitrogens is 1. The van der Waals surface area contributed by atoms with Crippen molar-refractivity contribution in [3.63, 3.8) is 0 Å². The van der Waals surface area contributed by atoms with Gasteiger partial charge in [0.25, 0.3) is 0 Å². The van der Waals surface area contributed by atoms with E-state index < -0.39 is 12.6 Å². The molecule has 0 aromatic carbocycles. The fourth-order valence-electron chi connectivity index (χ4n) is 0.975. The van der Waals surface area contributed by atoms with Crippen LogP contribution in [0.15, 0.2) is 12.4 Å². The van der Waals surface area contributed by atoms with Crippen molar-refractivity contribution in [2.24, 2.45) is 0 Å². The van der Waals surface area contributed by atoms with Gasteiger partial charge in [-0.05, 0) is 18.6 Å². The summed E-state index contributed by atoms with van der Waals surface area (Å²) in [6.07, 6.45) is -1.53. The van der Waals surface area contributed by atoms with E-state index in [9.17, 15) is 13.2 Å². The molecule has 1 heterocycles. The van der Waals surface area contributed by atoms with Crippen molar-refractivity contribution in [3.8, 4) is 0 Å². The summed E-state index contributed by atoms with van der Waals surface area (Å²) in [5, 5.41) is 0. The molecule has 0 aliphatic rings. The molecule has 0 aliphatic heterocycles. The normalized spacial score (nSPS) is 11.9. The first-order valence-corrected chi connectivity index (χ1v) is 4.20. The third kappa shape index (κ3) is 3.63. The summed E-state index contributed by atoms with van der Waals surface area (Å²) in [6, 6.07) is 0. The second-order valence-electron chi connectivity index (χ2n) is 2.68. The summed E-state index contributed by atoms with van der Waals surface area (Å²) >= 11 is 4.82. The maximum atomic E-state index is 11.7. The van der Waals surface area contributed by atoms with Crippen molar-refractivity contribution in [1.29, 1.82) is 0 Å². The molecule has 0 amide bonds. The third-order valence-electron chi connectivity index (χ3n) is 1.58. The number of aromatic amines is 1. The van der Waals surface area contributed by atoms with Crippen LogP contribution in [0.5, 0.6) is 0 Å². The first-order chi connectivity index (χ1) is 5.99. The highest BCUT2D eigenvalue weighted by Crippen LogP contribution is 2.21. The summed E-state index contributed by atoms with van der Waals surface area (Å²) in [7, 11) is 0. The molecule has 6 heteroatoms. The van der Waals surface area contributed by atoms with Crippen LogP contribution in [0.1, 0.15) is 12.8 Å². The highest BCUT2D eigenvalue weighted by molar-refractivity contribution is 7.71. The predicted octanol–water partition coefficient (Wildman–Crippen LogP) is 2.89. The van der Waals surface area contributed by atoms with E-state index in [1.165, 1.54) is 0 Å². The summed E-state index contributed by atoms with van der Waals surface area (Å²) in [4.78, 5) is 2.71. The van der Waals surface area contributed by atoms with Crippen LogP contribution in [-0.4, -0.2) is 15.7 Å². The van der Waals surface area contributed by atoms with Gasteiger partial charge in [-0.15, -0.1) is 0 Å². The molecular weight excluding hydrogens is 201 g/mol. The van der Waals surface area contributed by atoms with Gasteiger partial charge in [0.1, 0.15) is 0 Å². The van der Waals surface area contributed by atoms with Crippen molar-refractivity contribution in [2.75, 3.05) is 0 Å². The van der Waals surface area contributed by atoms with Gasteiger partial charge in [0, 0.05) is 25.4 Å². The van der Waals surface area contributed by atoms with Crippen LogP contribution in [0.2, 0.25) is 0 Å². The van der Waals surface area contributed by atoms with E-state index in [1.807, 2.05) is 0 Å². The Bertz CT molecular complexity index is 312. The molecule has 1 rings (SSSR count). The minimum Gasteiger partial charge on any atom is -0.337 e. The number of imidazole rings is 1. The SMILES string of the molecule is FC(F)(F)CCCn1cc[nH]c1=S. The molecule has 0 atom stereocenters. The molecular formula is C7H9F3N2S. The maximum absolute atomic E-state index is 11.7. The number of hydrogen-bond donors (Lipinski definition) is 1. The lowest BCUT2D eigenvalue weighted by molar-refractivity contribution is -0.135. The van der Waals surface area contributed by atoms with Gasteiger partial charge in [0.2, 0.25) is 0 Å². The number of nitrogens with zero attached hydrogens (tertiary/aromatic N) is 1. The molecule has 1 N–H and O–H groups in total. The van der Waals surface area contributed by atoms with Gasteiger partial charge in [0.15, 0.2) is 4.77 Å². The zero-order valence-corrected chi connectivity index (χ0v) is 7.58. The van der Waals surface area contributed by atoms with Crippen molar-refractivity contribution >= 4 is 12.2 Å². The Labute approximate surface area is 78.4 Å². The third-order valence-corrected chi connectivity index (χ3v) is 1.93. The molecule has 0 bridgehead atoms. The minimum absolute atomic E-state index is 0.0651. The monoisotopic (exact) mass is 210 g/mol. The Kier molecular flexibility index (Phi) is 3.13. The molecule has 1 aromatic heterocycles. The lowest BCUT2D eigenvalue weighted by Crippen LogP contribution is -2.08. The highest BCUT2D eigenvalue weighted by atomic mass is 32.1. The van der Waals surface area contributed by atoms with E-state index in [4.69, 9.17) is 12.2 Å². The predicted molar refractivity (Wildman–Crippen MR) is 44.9 cm³/mol. The second kappa shape index (κ2) is 3.95. The summed E-state index contributed by atoms with van der Waals surface area (Å²) < 4.78 is 37.3. The Morgan fingerprint density at radius 2 is 2.15 bits per heavy atom. The van der Waals surface area contributed by atoms with Gasteiger partial charge in [-0.1, -0.05) is 0 Å². The zero-order valence-electron chi connectivity index (χ0n) is 6.77. The van der Waals surface area contributed by atoms with Gasteiger partial charge < -0.3 is 9.55 Å². The quantitative estimate of drug-likeness (QED) is 0.761. The van der Waals surface area contributed by atoms with Crippen LogP contribution in [0.25, 0.3) is 0 Å². The molecule has 0 unspecified atom stereocenters. The average Bonchev–Trinajstić information content (AvgIpc) is 2.34. The Morgan fingerprint density at radius 3 is 2.62 bits per heavy atom. The first-order valence-electron chi connectivity index (χ1n) is 3.79. The maximum Gasteiger partial charge on any atom is 0.389 e. The van der Waals surface area contributed by atoms with Crippen molar-refractivity contribution < 1.29 is 13.2 Å². The summed E-state index contributed by atoms with van der Waals surface area (Å²) in [5.41, 5.74) is 0. The van der Waals surface area contributed by atoms with E-state index in [1.54, 1.807) is 17.0 Å². The van der Waals surface area contributed by atoms with E-state index >= 15 is 0 Å². The smallest absolute Gasteiger partial charge is 0.337 e. The Hall–Kier alpha value is -0.780. The number of halogens is 3. The molecule has 74 valence electrons. The molecule has 1 aromatic rings. The number of alkyl halides is 3. The minimum atomic E-state index is -4.07. The molecule has 13 heavy (non-hydrogen) atoms. The standard InChI is InChI=1S/C7H9F3N2S/c8-7(9,10)2-1-4-12-5-3-11-6(12)13/h3,5H,1-2,4H2,(H,11,13). The van der Waals surface area contributed by atoms with E-state index in [0.29, 0.717) is 11.3 Å². The summed E-state index contributed by atoms with van der Waals surface area (Å²) in [5.74, 6) is 0. The van der Waals surface area contributed by atoms with Crippen LogP contribution in [0, 0.1) is 4.77 Å². The van der Waals surface area contributed by atoms with Gasteiger partial charge in [-0.3, -0.25) is 0 Å². The van der Waals surface area contributed by atoms with Crippen molar-refractivity contribution in [1.82, 2.24) is 9.55 Å². The molecule has 0 spiro atoms. The Morgan fingerprint density at radius 1 is 1.46 bits per heavy atom. The largest absolute Gasteiger partial charge is 0.389 e. The molecule has 0 radical (unpaired) electrons. The number of nitrogens with one attached hydrogen (secondary N) is 1. The molecule has 0 aliphatic carbocycles. The van der Waals surface area contributed by atoms with E-state index in [-0.39, 0.29) is 6.42 Å². The van der Waals surface area contributed by atoms with Crippen molar-refractivity contribution in [3.05, 3.63) is 17.2 Å². The highest BCUT2D eigenvalue weighted by Gasteiger charge is 2.25. The van der Waals surface area contributed by atoms with Gasteiger partial charge >= 0.3 is 6.18 Å². The Balaban J connectivity index is 2.37. The van der Waals surface area contributed by atoms with Gasteiger partial charge in [-0.2, -0.15) is 13.2 Å². The lowest BCUT2D eigenvalue weighted by Gasteiger charge is -2.05. The van der Waals surface area contributed by atoms with Crippen LogP contribution >= 0.6 is 12.2 Å². The number of aryl methyl sites for hydroxylation is 1. The number of aromatic nitrogens is 2. The lowest BCUT2D eigenvalue weighted by atomic mass is 10.3. The van der Waals surface area contributed by atoms with Crippen LogP contribution < -0.4 is 0 Å².